The van der Waals surface area contributed by atoms with Gasteiger partial charge in [-0.15, -0.1) is 0 Å². The smallest absolute Gasteiger partial charge is 0.239 e. The van der Waals surface area contributed by atoms with Gasteiger partial charge < -0.3 is 0 Å². The molecule has 0 spiro atoms. The average molecular weight is 153 g/mol. The van der Waals surface area contributed by atoms with Crippen molar-refractivity contribution in [3.8, 4) is 0 Å². The summed E-state index contributed by atoms with van der Waals surface area (Å²) < 4.78 is 4.25. The molecular formula is C9H17N2+. The Morgan fingerprint density at radius 2 is 1.91 bits per heavy atom. The van der Waals surface area contributed by atoms with E-state index >= 15 is 0 Å². The van der Waals surface area contributed by atoms with Gasteiger partial charge in [0.05, 0.1) is 14.1 Å². The predicted molar refractivity (Wildman–Crippen MR) is 45.3 cm³/mol. The van der Waals surface area contributed by atoms with Gasteiger partial charge in [-0.1, -0.05) is 20.8 Å². The minimum Gasteiger partial charge on any atom is -0.239 e. The zero-order valence-corrected chi connectivity index (χ0v) is 8.05. The highest BCUT2D eigenvalue weighted by Crippen LogP contribution is 2.19. The Hall–Kier alpha value is -0.790. The Bertz CT molecular complexity index is 253. The van der Waals surface area contributed by atoms with Crippen LogP contribution in [0.2, 0.25) is 0 Å². The second kappa shape index (κ2) is 2.36. The van der Waals surface area contributed by atoms with E-state index in [1.807, 2.05) is 0 Å². The normalized spacial score (nSPS) is 12.1. The lowest BCUT2D eigenvalue weighted by atomic mass is 9.93. The van der Waals surface area contributed by atoms with Crippen molar-refractivity contribution in [3.63, 3.8) is 0 Å². The van der Waals surface area contributed by atoms with Crippen LogP contribution in [0, 0.1) is 0 Å². The number of imidazole rings is 1. The third kappa shape index (κ3) is 1.62. The molecule has 0 fully saturated rings. The summed E-state index contributed by atoms with van der Waals surface area (Å²) in [5, 5.41) is 0. The molecule has 0 aromatic carbocycles. The minimum atomic E-state index is 0.246. The molecule has 1 aromatic rings. The third-order valence-electron chi connectivity index (χ3n) is 1.83. The molecule has 2 heteroatoms. The highest BCUT2D eigenvalue weighted by molar-refractivity contribution is 5.06. The van der Waals surface area contributed by atoms with Crippen LogP contribution >= 0.6 is 0 Å². The monoisotopic (exact) mass is 153 g/mol. The van der Waals surface area contributed by atoms with E-state index in [4.69, 9.17) is 0 Å². The second-order valence-corrected chi connectivity index (χ2v) is 4.16. The van der Waals surface area contributed by atoms with Crippen molar-refractivity contribution in [3.05, 3.63) is 18.2 Å². The van der Waals surface area contributed by atoms with Gasteiger partial charge in [-0.05, 0) is 0 Å². The van der Waals surface area contributed by atoms with Crippen LogP contribution in [0.15, 0.2) is 12.5 Å². The molecule has 0 saturated heterocycles. The summed E-state index contributed by atoms with van der Waals surface area (Å²) in [5.74, 6) is 0. The summed E-state index contributed by atoms with van der Waals surface area (Å²) in [5.41, 5.74) is 1.61. The van der Waals surface area contributed by atoms with E-state index in [9.17, 15) is 0 Å². The fraction of sp³-hybridized carbons (Fsp3) is 0.667. The van der Waals surface area contributed by atoms with E-state index in [1.165, 1.54) is 5.69 Å². The largest absolute Gasteiger partial charge is 0.243 e. The summed E-state index contributed by atoms with van der Waals surface area (Å²) >= 11 is 0. The summed E-state index contributed by atoms with van der Waals surface area (Å²) in [7, 11) is 4.13. The maximum absolute atomic E-state index is 2.22. The average Bonchev–Trinajstić information content (AvgIpc) is 2.08. The highest BCUT2D eigenvalue weighted by Gasteiger charge is 2.22. The number of aryl methyl sites for hydroxylation is 2. The fourth-order valence-corrected chi connectivity index (χ4v) is 1.38. The molecule has 11 heavy (non-hydrogen) atoms. The summed E-state index contributed by atoms with van der Waals surface area (Å²) in [6, 6.07) is 0. The number of aromatic nitrogens is 2. The van der Waals surface area contributed by atoms with Gasteiger partial charge in [-0.2, -0.15) is 0 Å². The molecule has 0 atom stereocenters. The Balaban J connectivity index is 3.13. The van der Waals surface area contributed by atoms with E-state index in [1.54, 1.807) is 0 Å². The van der Waals surface area contributed by atoms with Gasteiger partial charge in [0, 0.05) is 5.41 Å². The Morgan fingerprint density at radius 1 is 1.36 bits per heavy atom. The lowest BCUT2D eigenvalue weighted by Crippen LogP contribution is -2.24. The van der Waals surface area contributed by atoms with Crippen molar-refractivity contribution < 1.29 is 4.57 Å². The van der Waals surface area contributed by atoms with Gasteiger partial charge in [0.15, 0.2) is 0 Å². The van der Waals surface area contributed by atoms with Crippen LogP contribution in [0.3, 0.4) is 0 Å². The SMILES string of the molecule is Cn1c[n+](C)cc1C(C)(C)C. The van der Waals surface area contributed by atoms with Crippen molar-refractivity contribution >= 4 is 0 Å². The van der Waals surface area contributed by atoms with Crippen molar-refractivity contribution in [1.29, 1.82) is 0 Å². The molecule has 0 unspecified atom stereocenters. The maximum Gasteiger partial charge on any atom is 0.243 e. The molecule has 0 aliphatic heterocycles. The lowest BCUT2D eigenvalue weighted by molar-refractivity contribution is -0.671. The Labute approximate surface area is 68.5 Å². The van der Waals surface area contributed by atoms with E-state index in [2.05, 4.69) is 56.5 Å². The molecule has 62 valence electrons. The highest BCUT2D eigenvalue weighted by atomic mass is 15.1. The lowest BCUT2D eigenvalue weighted by Gasteiger charge is -2.13. The molecule has 0 saturated carbocycles. The van der Waals surface area contributed by atoms with Crippen LogP contribution in [-0.4, -0.2) is 4.57 Å². The van der Waals surface area contributed by atoms with E-state index in [-0.39, 0.29) is 5.41 Å². The minimum absolute atomic E-state index is 0.246. The first-order chi connectivity index (χ1) is 4.91. The van der Waals surface area contributed by atoms with Crippen molar-refractivity contribution in [1.82, 2.24) is 4.57 Å². The molecule has 0 aliphatic carbocycles. The van der Waals surface area contributed by atoms with Gasteiger partial charge in [-0.3, -0.25) is 0 Å². The van der Waals surface area contributed by atoms with Crippen LogP contribution in [0.1, 0.15) is 26.5 Å². The van der Waals surface area contributed by atoms with Crippen LogP contribution in [0.4, 0.5) is 0 Å². The molecule has 0 aliphatic rings. The third-order valence-corrected chi connectivity index (χ3v) is 1.83. The van der Waals surface area contributed by atoms with Crippen LogP contribution in [0.25, 0.3) is 0 Å². The first kappa shape index (κ1) is 8.31. The Morgan fingerprint density at radius 3 is 2.09 bits per heavy atom. The first-order valence-corrected chi connectivity index (χ1v) is 3.93. The molecule has 0 amide bonds. The molecule has 0 N–H and O–H groups in total. The quantitative estimate of drug-likeness (QED) is 0.494. The molecule has 0 bridgehead atoms. The Kier molecular flexibility index (Phi) is 1.78. The number of rotatable bonds is 0. The zero-order chi connectivity index (χ0) is 8.65. The van der Waals surface area contributed by atoms with Crippen molar-refractivity contribution in [2.75, 3.05) is 0 Å². The number of hydrogen-bond acceptors (Lipinski definition) is 0. The molecule has 0 radical (unpaired) electrons. The van der Waals surface area contributed by atoms with Crippen LogP contribution in [0.5, 0.6) is 0 Å². The summed E-state index contributed by atoms with van der Waals surface area (Å²) in [6.45, 7) is 6.67. The van der Waals surface area contributed by atoms with Gasteiger partial charge in [0.1, 0.15) is 11.9 Å². The first-order valence-electron chi connectivity index (χ1n) is 3.93. The van der Waals surface area contributed by atoms with Crippen LogP contribution < -0.4 is 4.57 Å². The standard InChI is InChI=1S/C9H17N2/c1-9(2,3)8-6-10(4)7-11(8)5/h6-7H,1-5H3/q+1. The van der Waals surface area contributed by atoms with Gasteiger partial charge >= 0.3 is 0 Å². The second-order valence-electron chi connectivity index (χ2n) is 4.16. The van der Waals surface area contributed by atoms with E-state index < -0.39 is 0 Å². The van der Waals surface area contributed by atoms with E-state index in [0.29, 0.717) is 0 Å². The molecule has 2 nitrogen and oxygen atoms in total. The maximum atomic E-state index is 2.22. The zero-order valence-electron chi connectivity index (χ0n) is 8.05. The van der Waals surface area contributed by atoms with Gasteiger partial charge in [0.2, 0.25) is 6.33 Å². The topological polar surface area (TPSA) is 8.81 Å². The van der Waals surface area contributed by atoms with Gasteiger partial charge in [-0.25, -0.2) is 9.13 Å². The van der Waals surface area contributed by atoms with Gasteiger partial charge in [0.25, 0.3) is 0 Å². The fourth-order valence-electron chi connectivity index (χ4n) is 1.38. The summed E-state index contributed by atoms with van der Waals surface area (Å²) in [6.07, 6.45) is 4.25. The molecule has 1 rings (SSSR count). The van der Waals surface area contributed by atoms with Crippen molar-refractivity contribution in [2.45, 2.75) is 26.2 Å². The molecule has 1 heterocycles. The molecule has 1 aromatic heterocycles. The van der Waals surface area contributed by atoms with E-state index in [0.717, 1.165) is 0 Å². The predicted octanol–water partition coefficient (Wildman–Crippen LogP) is 1.15. The summed E-state index contributed by atoms with van der Waals surface area (Å²) in [4.78, 5) is 0. The van der Waals surface area contributed by atoms with Crippen molar-refractivity contribution in [2.24, 2.45) is 14.1 Å². The number of hydrogen-bond donors (Lipinski definition) is 0. The number of nitrogens with zero attached hydrogens (tertiary/aromatic N) is 2. The van der Waals surface area contributed by atoms with Crippen LogP contribution in [-0.2, 0) is 19.5 Å². The molecular weight excluding hydrogens is 136 g/mol.